The van der Waals surface area contributed by atoms with Crippen molar-refractivity contribution in [3.05, 3.63) is 35.9 Å². The van der Waals surface area contributed by atoms with Crippen molar-refractivity contribution in [2.75, 3.05) is 20.3 Å². The van der Waals surface area contributed by atoms with Crippen LogP contribution in [0.3, 0.4) is 0 Å². The highest BCUT2D eigenvalue weighted by Gasteiger charge is 2.14. The molecule has 1 N–H and O–H groups in total. The van der Waals surface area contributed by atoms with Crippen LogP contribution in [0.5, 0.6) is 0 Å². The molecule has 1 aromatic carbocycles. The molecule has 0 aliphatic rings. The quantitative estimate of drug-likeness (QED) is 0.438. The topological polar surface area (TPSA) is 55.4 Å². The highest BCUT2D eigenvalue weighted by atomic mass is 16.5. The van der Waals surface area contributed by atoms with E-state index in [1.807, 2.05) is 0 Å². The number of rotatable bonds is 5. The minimum Gasteiger partial charge on any atom is -0.383 e. The molecule has 4 nitrogen and oxygen atoms in total. The first-order valence-corrected chi connectivity index (χ1v) is 4.62. The molecule has 15 heavy (non-hydrogen) atoms. The SMILES string of the molecule is COCCNC(=O)C(=O)c1ccccc1. The maximum absolute atomic E-state index is 11.5. The maximum atomic E-state index is 11.5. The number of methoxy groups -OCH3 is 1. The third-order valence-corrected chi connectivity index (χ3v) is 1.83. The number of benzene rings is 1. The van der Waals surface area contributed by atoms with Crippen LogP contribution < -0.4 is 5.32 Å². The van der Waals surface area contributed by atoms with E-state index >= 15 is 0 Å². The van der Waals surface area contributed by atoms with E-state index in [2.05, 4.69) is 5.32 Å². The van der Waals surface area contributed by atoms with Crippen molar-refractivity contribution >= 4 is 11.7 Å². The first kappa shape index (κ1) is 11.4. The Bertz CT molecular complexity index is 335. The molecule has 0 fully saturated rings. The van der Waals surface area contributed by atoms with Crippen molar-refractivity contribution in [3.8, 4) is 0 Å². The molecule has 0 saturated carbocycles. The van der Waals surface area contributed by atoms with Crippen LogP contribution in [0.4, 0.5) is 0 Å². The van der Waals surface area contributed by atoms with Gasteiger partial charge in [-0.05, 0) is 0 Å². The number of ketones is 1. The Hall–Kier alpha value is -1.68. The van der Waals surface area contributed by atoms with Gasteiger partial charge in [-0.1, -0.05) is 30.3 Å². The summed E-state index contributed by atoms with van der Waals surface area (Å²) in [5.41, 5.74) is 0.396. The van der Waals surface area contributed by atoms with Gasteiger partial charge in [0.05, 0.1) is 6.61 Å². The van der Waals surface area contributed by atoms with E-state index in [0.29, 0.717) is 18.7 Å². The number of carbonyl (C=O) groups excluding carboxylic acids is 2. The Morgan fingerprint density at radius 2 is 1.93 bits per heavy atom. The van der Waals surface area contributed by atoms with Crippen molar-refractivity contribution < 1.29 is 14.3 Å². The van der Waals surface area contributed by atoms with Crippen LogP contribution in [0, 0.1) is 0 Å². The number of Topliss-reactive ketones (excluding diaryl/α,β-unsaturated/α-hetero) is 1. The van der Waals surface area contributed by atoms with Crippen molar-refractivity contribution in [2.24, 2.45) is 0 Å². The van der Waals surface area contributed by atoms with Gasteiger partial charge in [-0.2, -0.15) is 0 Å². The molecule has 1 rings (SSSR count). The largest absolute Gasteiger partial charge is 0.383 e. The molecule has 0 saturated heterocycles. The van der Waals surface area contributed by atoms with E-state index in [9.17, 15) is 9.59 Å². The second kappa shape index (κ2) is 5.93. The van der Waals surface area contributed by atoms with Crippen molar-refractivity contribution in [1.82, 2.24) is 5.32 Å². The van der Waals surface area contributed by atoms with Gasteiger partial charge in [-0.25, -0.2) is 0 Å². The third kappa shape index (κ3) is 3.52. The monoisotopic (exact) mass is 207 g/mol. The number of nitrogens with one attached hydrogen (secondary N) is 1. The van der Waals surface area contributed by atoms with Gasteiger partial charge in [0.2, 0.25) is 5.78 Å². The zero-order chi connectivity index (χ0) is 11.1. The van der Waals surface area contributed by atoms with Crippen LogP contribution in [0.1, 0.15) is 10.4 Å². The van der Waals surface area contributed by atoms with E-state index in [0.717, 1.165) is 0 Å². The fraction of sp³-hybridized carbons (Fsp3) is 0.273. The lowest BCUT2D eigenvalue weighted by Crippen LogP contribution is -2.33. The van der Waals surface area contributed by atoms with Crippen LogP contribution in [0.15, 0.2) is 30.3 Å². The Kier molecular flexibility index (Phi) is 4.50. The van der Waals surface area contributed by atoms with E-state index < -0.39 is 11.7 Å². The van der Waals surface area contributed by atoms with Gasteiger partial charge in [-0.15, -0.1) is 0 Å². The van der Waals surface area contributed by atoms with E-state index in [-0.39, 0.29) is 0 Å². The predicted octanol–water partition coefficient (Wildman–Crippen LogP) is 0.632. The molecule has 0 unspecified atom stereocenters. The summed E-state index contributed by atoms with van der Waals surface area (Å²) < 4.78 is 4.75. The molecule has 4 heteroatoms. The fourth-order valence-electron chi connectivity index (χ4n) is 1.07. The average molecular weight is 207 g/mol. The molecule has 0 aromatic heterocycles. The summed E-state index contributed by atoms with van der Waals surface area (Å²) in [7, 11) is 1.53. The number of carbonyl (C=O) groups is 2. The zero-order valence-corrected chi connectivity index (χ0v) is 8.53. The number of hydrogen-bond donors (Lipinski definition) is 1. The fourth-order valence-corrected chi connectivity index (χ4v) is 1.07. The molecule has 0 bridgehead atoms. The van der Waals surface area contributed by atoms with Gasteiger partial charge in [0.1, 0.15) is 0 Å². The zero-order valence-electron chi connectivity index (χ0n) is 8.53. The third-order valence-electron chi connectivity index (χ3n) is 1.83. The van der Waals surface area contributed by atoms with Crippen LogP contribution in [0.25, 0.3) is 0 Å². The molecule has 0 aliphatic carbocycles. The van der Waals surface area contributed by atoms with E-state index in [4.69, 9.17) is 4.74 Å². The van der Waals surface area contributed by atoms with E-state index in [1.54, 1.807) is 30.3 Å². The van der Waals surface area contributed by atoms with Gasteiger partial charge in [0.25, 0.3) is 5.91 Å². The van der Waals surface area contributed by atoms with Gasteiger partial charge < -0.3 is 10.1 Å². The standard InChI is InChI=1S/C11H13NO3/c1-15-8-7-12-11(14)10(13)9-5-3-2-4-6-9/h2-6H,7-8H2,1H3,(H,12,14). The molecule has 1 amide bonds. The minimum atomic E-state index is -0.599. The Morgan fingerprint density at radius 1 is 1.27 bits per heavy atom. The number of ether oxygens (including phenoxy) is 1. The average Bonchev–Trinajstić information content (AvgIpc) is 2.29. The summed E-state index contributed by atoms with van der Waals surface area (Å²) in [6.07, 6.45) is 0. The summed E-state index contributed by atoms with van der Waals surface area (Å²) in [6.45, 7) is 0.738. The van der Waals surface area contributed by atoms with Crippen LogP contribution in [-0.4, -0.2) is 32.0 Å². The summed E-state index contributed by atoms with van der Waals surface area (Å²) in [5, 5.41) is 2.47. The van der Waals surface area contributed by atoms with Crippen LogP contribution in [-0.2, 0) is 9.53 Å². The Morgan fingerprint density at radius 3 is 2.53 bits per heavy atom. The molecule has 0 atom stereocenters. The van der Waals surface area contributed by atoms with Crippen molar-refractivity contribution in [1.29, 1.82) is 0 Å². The second-order valence-electron chi connectivity index (χ2n) is 2.94. The van der Waals surface area contributed by atoms with Crippen LogP contribution in [0.2, 0.25) is 0 Å². The smallest absolute Gasteiger partial charge is 0.292 e. The molecule has 0 spiro atoms. The van der Waals surface area contributed by atoms with Gasteiger partial charge >= 0.3 is 0 Å². The lowest BCUT2D eigenvalue weighted by molar-refractivity contribution is -0.117. The Labute approximate surface area is 88.2 Å². The van der Waals surface area contributed by atoms with Gasteiger partial charge in [-0.3, -0.25) is 9.59 Å². The summed E-state index contributed by atoms with van der Waals surface area (Å²) in [5.74, 6) is -1.12. The molecule has 0 aliphatic heterocycles. The summed E-state index contributed by atoms with van der Waals surface area (Å²) in [6, 6.07) is 8.45. The second-order valence-corrected chi connectivity index (χ2v) is 2.94. The van der Waals surface area contributed by atoms with E-state index in [1.165, 1.54) is 7.11 Å². The highest BCUT2D eigenvalue weighted by molar-refractivity contribution is 6.42. The molecule has 0 radical (unpaired) electrons. The normalized spacial score (nSPS) is 9.67. The summed E-state index contributed by atoms with van der Waals surface area (Å²) >= 11 is 0. The van der Waals surface area contributed by atoms with Crippen LogP contribution >= 0.6 is 0 Å². The van der Waals surface area contributed by atoms with Crippen molar-refractivity contribution in [3.63, 3.8) is 0 Å². The molecular formula is C11H13NO3. The number of amides is 1. The van der Waals surface area contributed by atoms with Gasteiger partial charge in [0.15, 0.2) is 0 Å². The maximum Gasteiger partial charge on any atom is 0.292 e. The van der Waals surface area contributed by atoms with Gasteiger partial charge in [0, 0.05) is 19.2 Å². The molecule has 80 valence electrons. The minimum absolute atomic E-state index is 0.341. The molecule has 1 aromatic rings. The lowest BCUT2D eigenvalue weighted by Gasteiger charge is -2.03. The molecule has 0 heterocycles. The number of hydrogen-bond acceptors (Lipinski definition) is 3. The Balaban J connectivity index is 2.50. The summed E-state index contributed by atoms with van der Waals surface area (Å²) in [4.78, 5) is 22.8. The highest BCUT2D eigenvalue weighted by Crippen LogP contribution is 1.99. The molecular weight excluding hydrogens is 194 g/mol. The lowest BCUT2D eigenvalue weighted by atomic mass is 10.1. The van der Waals surface area contributed by atoms with Crippen molar-refractivity contribution in [2.45, 2.75) is 0 Å². The predicted molar refractivity (Wildman–Crippen MR) is 55.7 cm³/mol. The first-order chi connectivity index (χ1) is 7.25. The first-order valence-electron chi connectivity index (χ1n) is 4.62.